The molecule has 0 amide bonds. The molecule has 5 nitrogen and oxygen atoms in total. The van der Waals surface area contributed by atoms with Crippen molar-refractivity contribution < 1.29 is 19.7 Å². The van der Waals surface area contributed by atoms with Crippen LogP contribution in [0.3, 0.4) is 0 Å². The van der Waals surface area contributed by atoms with Gasteiger partial charge >= 0.3 is 0 Å². The Bertz CT molecular complexity index is 1320. The van der Waals surface area contributed by atoms with Gasteiger partial charge in [0.05, 0.1) is 0 Å². The van der Waals surface area contributed by atoms with Gasteiger partial charge in [0, 0.05) is 46.1 Å². The highest BCUT2D eigenvalue weighted by Gasteiger charge is 2.35. The lowest BCUT2D eigenvalue weighted by Crippen LogP contribution is -2.35. The third-order valence-electron chi connectivity index (χ3n) is 9.47. The van der Waals surface area contributed by atoms with Gasteiger partial charge in [0.15, 0.2) is 0 Å². The Labute approximate surface area is 292 Å². The molecular formula is C43H65NO4. The van der Waals surface area contributed by atoms with Crippen molar-refractivity contribution in [1.82, 2.24) is 4.90 Å². The quantitative estimate of drug-likeness (QED) is 0.203. The molecule has 0 saturated carbocycles. The van der Waals surface area contributed by atoms with Crippen molar-refractivity contribution in [1.29, 1.82) is 0 Å². The highest BCUT2D eigenvalue weighted by molar-refractivity contribution is 5.52. The molecule has 2 unspecified atom stereocenters. The van der Waals surface area contributed by atoms with Gasteiger partial charge in [-0.05, 0) is 97.7 Å². The van der Waals surface area contributed by atoms with E-state index in [9.17, 15) is 10.2 Å². The summed E-state index contributed by atoms with van der Waals surface area (Å²) in [5.74, 6) is 0.774. The standard InChI is InChI=1S/C43H65NO4/c1-40(2,3)32-24-30(25-33(38(32)45)41(4,5)6)36(20-22-47-13)44(28-29-18-16-15-17-19-29)37(21-23-48-14)31-26-34(42(7,8)9)39(46)35(27-31)43(10,11)12/h15-19,24-27,36-37,45-46H,20-23,28H2,1-14H3. The van der Waals surface area contributed by atoms with Crippen LogP contribution in [0.4, 0.5) is 0 Å². The Morgan fingerprint density at radius 1 is 0.542 bits per heavy atom. The van der Waals surface area contributed by atoms with Crippen LogP contribution in [0.1, 0.15) is 147 Å². The summed E-state index contributed by atoms with van der Waals surface area (Å²) in [6.45, 7) is 27.9. The molecule has 3 aromatic carbocycles. The van der Waals surface area contributed by atoms with E-state index in [0.717, 1.165) is 35.1 Å². The lowest BCUT2D eigenvalue weighted by atomic mass is 9.76. The van der Waals surface area contributed by atoms with E-state index < -0.39 is 0 Å². The van der Waals surface area contributed by atoms with Crippen molar-refractivity contribution in [3.63, 3.8) is 0 Å². The van der Waals surface area contributed by atoms with Gasteiger partial charge in [-0.2, -0.15) is 0 Å². The maximum atomic E-state index is 11.7. The number of rotatable bonds is 12. The molecule has 0 aromatic heterocycles. The van der Waals surface area contributed by atoms with Crippen molar-refractivity contribution in [2.75, 3.05) is 27.4 Å². The summed E-state index contributed by atoms with van der Waals surface area (Å²) in [6, 6.07) is 19.5. The fraction of sp³-hybridized carbons (Fsp3) is 0.581. The Balaban J connectivity index is 2.47. The highest BCUT2D eigenvalue weighted by atomic mass is 16.5. The van der Waals surface area contributed by atoms with Crippen LogP contribution < -0.4 is 0 Å². The summed E-state index contributed by atoms with van der Waals surface area (Å²) in [5.41, 5.74) is 6.34. The smallest absolute Gasteiger partial charge is 0.123 e. The largest absolute Gasteiger partial charge is 0.507 e. The molecule has 0 aliphatic heterocycles. The fourth-order valence-corrected chi connectivity index (χ4v) is 6.72. The van der Waals surface area contributed by atoms with Gasteiger partial charge in [-0.15, -0.1) is 0 Å². The summed E-state index contributed by atoms with van der Waals surface area (Å²) >= 11 is 0. The Morgan fingerprint density at radius 2 is 0.854 bits per heavy atom. The van der Waals surface area contributed by atoms with Crippen molar-refractivity contribution in [3.8, 4) is 11.5 Å². The van der Waals surface area contributed by atoms with Crippen molar-refractivity contribution in [3.05, 3.63) is 93.5 Å². The Kier molecular flexibility index (Phi) is 12.7. The van der Waals surface area contributed by atoms with Crippen LogP contribution in [0, 0.1) is 0 Å². The first-order valence-electron chi connectivity index (χ1n) is 17.6. The molecule has 5 heteroatoms. The molecule has 0 saturated heterocycles. The molecule has 48 heavy (non-hydrogen) atoms. The number of hydrogen-bond donors (Lipinski definition) is 2. The van der Waals surface area contributed by atoms with E-state index in [-0.39, 0.29) is 33.7 Å². The Morgan fingerprint density at radius 3 is 1.12 bits per heavy atom. The van der Waals surface area contributed by atoms with Gasteiger partial charge in [0.1, 0.15) is 11.5 Å². The molecule has 0 aliphatic rings. The maximum absolute atomic E-state index is 11.7. The van der Waals surface area contributed by atoms with Gasteiger partial charge in [-0.3, -0.25) is 4.90 Å². The fourth-order valence-electron chi connectivity index (χ4n) is 6.72. The van der Waals surface area contributed by atoms with E-state index >= 15 is 0 Å². The van der Waals surface area contributed by atoms with Crippen molar-refractivity contribution in [2.45, 2.75) is 136 Å². The molecule has 2 atom stereocenters. The molecule has 0 aliphatic carbocycles. The predicted molar refractivity (Wildman–Crippen MR) is 201 cm³/mol. The first-order valence-corrected chi connectivity index (χ1v) is 17.6. The average molecular weight is 660 g/mol. The number of methoxy groups -OCH3 is 2. The molecule has 0 fully saturated rings. The number of benzene rings is 3. The van der Waals surface area contributed by atoms with E-state index in [4.69, 9.17) is 9.47 Å². The maximum Gasteiger partial charge on any atom is 0.123 e. The zero-order valence-corrected chi connectivity index (χ0v) is 32.5. The first-order chi connectivity index (χ1) is 22.1. The second kappa shape index (κ2) is 15.4. The van der Waals surface area contributed by atoms with Gasteiger partial charge < -0.3 is 19.7 Å². The number of phenols is 2. The van der Waals surface area contributed by atoms with Crippen molar-refractivity contribution >= 4 is 0 Å². The summed E-state index contributed by atoms with van der Waals surface area (Å²) in [7, 11) is 3.54. The SMILES string of the molecule is COCCC(c1cc(C(C)(C)C)c(O)c(C(C)(C)C)c1)N(Cc1ccccc1)C(CCOC)c1cc(C(C)(C)C)c(O)c(C(C)(C)C)c1. The van der Waals surface area contributed by atoms with Gasteiger partial charge in [0.25, 0.3) is 0 Å². The second-order valence-electron chi connectivity index (χ2n) is 17.7. The van der Waals surface area contributed by atoms with Gasteiger partial charge in [-0.1, -0.05) is 113 Å². The lowest BCUT2D eigenvalue weighted by molar-refractivity contribution is 0.0662. The average Bonchev–Trinajstić information content (AvgIpc) is 2.96. The number of phenolic OH excluding ortho intramolecular Hbond substituents is 2. The number of hydrogen-bond acceptors (Lipinski definition) is 5. The summed E-state index contributed by atoms with van der Waals surface area (Å²) < 4.78 is 11.6. The minimum atomic E-state index is -0.258. The van der Waals surface area contributed by atoms with Crippen LogP contribution in [-0.2, 0) is 37.7 Å². The van der Waals surface area contributed by atoms with Crippen LogP contribution in [0.25, 0.3) is 0 Å². The van der Waals surface area contributed by atoms with E-state index in [0.29, 0.717) is 31.3 Å². The zero-order valence-electron chi connectivity index (χ0n) is 32.5. The minimum Gasteiger partial charge on any atom is -0.507 e. The van der Waals surface area contributed by atoms with Gasteiger partial charge in [0.2, 0.25) is 0 Å². The predicted octanol–water partition coefficient (Wildman–Crippen LogP) is 10.6. The van der Waals surface area contributed by atoms with Crippen LogP contribution >= 0.6 is 0 Å². The molecule has 3 aromatic rings. The zero-order chi connectivity index (χ0) is 36.2. The van der Waals surface area contributed by atoms with E-state index in [1.165, 1.54) is 16.7 Å². The number of nitrogens with zero attached hydrogens (tertiary/aromatic N) is 1. The summed E-state index contributed by atoms with van der Waals surface area (Å²) in [5, 5.41) is 23.4. The number of aromatic hydroxyl groups is 2. The van der Waals surface area contributed by atoms with Crippen LogP contribution in [0.15, 0.2) is 54.6 Å². The molecule has 0 radical (unpaired) electrons. The molecular weight excluding hydrogens is 594 g/mol. The normalized spacial score (nSPS) is 14.4. The topological polar surface area (TPSA) is 62.2 Å². The monoisotopic (exact) mass is 659 g/mol. The van der Waals surface area contributed by atoms with E-state index in [2.05, 4.69) is 143 Å². The molecule has 0 spiro atoms. The van der Waals surface area contributed by atoms with Crippen LogP contribution in [0.2, 0.25) is 0 Å². The second-order valence-corrected chi connectivity index (χ2v) is 17.7. The molecule has 266 valence electrons. The third-order valence-corrected chi connectivity index (χ3v) is 9.47. The lowest BCUT2D eigenvalue weighted by Gasteiger charge is -2.41. The van der Waals surface area contributed by atoms with E-state index in [1.807, 2.05) is 0 Å². The molecule has 3 rings (SSSR count). The third kappa shape index (κ3) is 9.64. The van der Waals surface area contributed by atoms with Gasteiger partial charge in [-0.25, -0.2) is 0 Å². The van der Waals surface area contributed by atoms with Crippen molar-refractivity contribution in [2.24, 2.45) is 0 Å². The summed E-state index contributed by atoms with van der Waals surface area (Å²) in [6.07, 6.45) is 1.53. The summed E-state index contributed by atoms with van der Waals surface area (Å²) in [4.78, 5) is 2.61. The molecule has 0 bridgehead atoms. The molecule has 2 N–H and O–H groups in total. The van der Waals surface area contributed by atoms with Crippen LogP contribution in [-0.4, -0.2) is 42.5 Å². The first kappa shape index (κ1) is 39.6. The highest BCUT2D eigenvalue weighted by Crippen LogP contribution is 2.47. The van der Waals surface area contributed by atoms with Crippen LogP contribution in [0.5, 0.6) is 11.5 Å². The van der Waals surface area contributed by atoms with E-state index in [1.54, 1.807) is 14.2 Å². The minimum absolute atomic E-state index is 0.0419. The Hall–Kier alpha value is -2.86. The molecule has 0 heterocycles. The number of ether oxygens (including phenoxy) is 2.